The van der Waals surface area contributed by atoms with Gasteiger partial charge in [0.15, 0.2) is 0 Å². The molecule has 0 aliphatic carbocycles. The average Bonchev–Trinajstić information content (AvgIpc) is 2.42. The topological polar surface area (TPSA) is 24.5 Å². The first kappa shape index (κ1) is 14.3. The molecule has 0 radical (unpaired) electrons. The van der Waals surface area contributed by atoms with Crippen LogP contribution in [0.5, 0.6) is 5.75 Å². The molecule has 0 saturated carbocycles. The SMILES string of the molecule is CNC(C)c1cc(F)ccc1OC1CCN(C)CC1. The van der Waals surface area contributed by atoms with Gasteiger partial charge in [0.05, 0.1) is 0 Å². The van der Waals surface area contributed by atoms with Gasteiger partial charge in [0, 0.05) is 24.7 Å². The molecule has 3 nitrogen and oxygen atoms in total. The van der Waals surface area contributed by atoms with E-state index in [0.717, 1.165) is 37.2 Å². The molecule has 1 aromatic carbocycles. The molecule has 1 saturated heterocycles. The van der Waals surface area contributed by atoms with Gasteiger partial charge in [0.2, 0.25) is 0 Å². The number of rotatable bonds is 4. The van der Waals surface area contributed by atoms with Crippen LogP contribution in [0.2, 0.25) is 0 Å². The molecule has 19 heavy (non-hydrogen) atoms. The highest BCUT2D eigenvalue weighted by molar-refractivity contribution is 5.36. The van der Waals surface area contributed by atoms with Crippen molar-refractivity contribution < 1.29 is 9.13 Å². The fraction of sp³-hybridized carbons (Fsp3) is 0.600. The maximum atomic E-state index is 13.4. The highest BCUT2D eigenvalue weighted by Gasteiger charge is 2.20. The van der Waals surface area contributed by atoms with Crippen molar-refractivity contribution in [2.45, 2.75) is 31.9 Å². The van der Waals surface area contributed by atoms with E-state index in [4.69, 9.17) is 4.74 Å². The maximum Gasteiger partial charge on any atom is 0.124 e. The third kappa shape index (κ3) is 3.67. The molecular weight excluding hydrogens is 243 g/mol. The van der Waals surface area contributed by atoms with Gasteiger partial charge in [-0.3, -0.25) is 0 Å². The van der Waals surface area contributed by atoms with Crippen LogP contribution in [0.1, 0.15) is 31.4 Å². The molecule has 1 heterocycles. The molecule has 1 aliphatic heterocycles. The number of nitrogens with zero attached hydrogens (tertiary/aromatic N) is 1. The van der Waals surface area contributed by atoms with Gasteiger partial charge in [0.25, 0.3) is 0 Å². The third-order valence-electron chi connectivity index (χ3n) is 3.83. The highest BCUT2D eigenvalue weighted by Crippen LogP contribution is 2.28. The molecule has 1 N–H and O–H groups in total. The average molecular weight is 266 g/mol. The van der Waals surface area contributed by atoms with Crippen molar-refractivity contribution >= 4 is 0 Å². The lowest BCUT2D eigenvalue weighted by Crippen LogP contribution is -2.35. The summed E-state index contributed by atoms with van der Waals surface area (Å²) in [5.74, 6) is 0.589. The van der Waals surface area contributed by atoms with E-state index < -0.39 is 0 Å². The van der Waals surface area contributed by atoms with E-state index in [2.05, 4.69) is 17.3 Å². The van der Waals surface area contributed by atoms with Crippen molar-refractivity contribution in [2.24, 2.45) is 0 Å². The van der Waals surface area contributed by atoms with E-state index in [9.17, 15) is 4.39 Å². The second kappa shape index (κ2) is 6.35. The summed E-state index contributed by atoms with van der Waals surface area (Å²) in [6, 6.07) is 4.86. The smallest absolute Gasteiger partial charge is 0.124 e. The number of piperidine rings is 1. The first-order valence-electron chi connectivity index (χ1n) is 6.92. The number of likely N-dealkylation sites (tertiary alicyclic amines) is 1. The monoisotopic (exact) mass is 266 g/mol. The minimum Gasteiger partial charge on any atom is -0.490 e. The Kier molecular flexibility index (Phi) is 4.77. The summed E-state index contributed by atoms with van der Waals surface area (Å²) < 4.78 is 19.5. The van der Waals surface area contributed by atoms with Gasteiger partial charge >= 0.3 is 0 Å². The Morgan fingerprint density at radius 2 is 2.05 bits per heavy atom. The van der Waals surface area contributed by atoms with Crippen LogP contribution in [-0.4, -0.2) is 38.2 Å². The largest absolute Gasteiger partial charge is 0.490 e. The fourth-order valence-corrected chi connectivity index (χ4v) is 2.40. The van der Waals surface area contributed by atoms with Crippen molar-refractivity contribution in [3.8, 4) is 5.75 Å². The normalized spacial score (nSPS) is 19.4. The van der Waals surface area contributed by atoms with E-state index in [0.29, 0.717) is 0 Å². The highest BCUT2D eigenvalue weighted by atomic mass is 19.1. The fourth-order valence-electron chi connectivity index (χ4n) is 2.40. The first-order chi connectivity index (χ1) is 9.10. The van der Waals surface area contributed by atoms with E-state index in [1.165, 1.54) is 6.07 Å². The molecule has 106 valence electrons. The van der Waals surface area contributed by atoms with E-state index in [1.807, 2.05) is 14.0 Å². The molecule has 2 rings (SSSR count). The Labute approximate surface area is 114 Å². The Bertz CT molecular complexity index is 417. The number of ether oxygens (including phenoxy) is 1. The van der Waals surface area contributed by atoms with Crippen LogP contribution >= 0.6 is 0 Å². The molecule has 1 aromatic rings. The predicted molar refractivity (Wildman–Crippen MR) is 75.0 cm³/mol. The van der Waals surface area contributed by atoms with Gasteiger partial charge in [-0.05, 0) is 52.1 Å². The van der Waals surface area contributed by atoms with Crippen molar-refractivity contribution in [1.29, 1.82) is 0 Å². The Morgan fingerprint density at radius 3 is 2.68 bits per heavy atom. The van der Waals surface area contributed by atoms with Crippen LogP contribution < -0.4 is 10.1 Å². The summed E-state index contributed by atoms with van der Waals surface area (Å²) >= 11 is 0. The quantitative estimate of drug-likeness (QED) is 0.906. The van der Waals surface area contributed by atoms with Gasteiger partial charge in [-0.2, -0.15) is 0 Å². The van der Waals surface area contributed by atoms with Gasteiger partial charge in [-0.1, -0.05) is 0 Å². The van der Waals surface area contributed by atoms with Gasteiger partial charge < -0.3 is 15.0 Å². The zero-order chi connectivity index (χ0) is 13.8. The molecular formula is C15H23FN2O. The van der Waals surface area contributed by atoms with Crippen molar-refractivity contribution in [3.63, 3.8) is 0 Å². The van der Waals surface area contributed by atoms with Crippen LogP contribution in [0.25, 0.3) is 0 Å². The zero-order valence-electron chi connectivity index (χ0n) is 11.9. The summed E-state index contributed by atoms with van der Waals surface area (Å²) in [5, 5.41) is 3.14. The summed E-state index contributed by atoms with van der Waals surface area (Å²) in [6.45, 7) is 4.13. The summed E-state index contributed by atoms with van der Waals surface area (Å²) in [5.41, 5.74) is 0.890. The molecule has 0 aromatic heterocycles. The summed E-state index contributed by atoms with van der Waals surface area (Å²) in [6.07, 6.45) is 2.30. The van der Waals surface area contributed by atoms with Crippen LogP contribution in [0.4, 0.5) is 4.39 Å². The first-order valence-corrected chi connectivity index (χ1v) is 6.92. The maximum absolute atomic E-state index is 13.4. The van der Waals surface area contributed by atoms with Crippen LogP contribution in [0.15, 0.2) is 18.2 Å². The van der Waals surface area contributed by atoms with Gasteiger partial charge in [0.1, 0.15) is 17.7 Å². The van der Waals surface area contributed by atoms with E-state index in [1.54, 1.807) is 12.1 Å². The van der Waals surface area contributed by atoms with Crippen LogP contribution in [0, 0.1) is 5.82 Å². The van der Waals surface area contributed by atoms with Crippen molar-refractivity contribution in [2.75, 3.05) is 27.2 Å². The number of halogens is 1. The second-order valence-electron chi connectivity index (χ2n) is 5.31. The van der Waals surface area contributed by atoms with Gasteiger partial charge in [-0.25, -0.2) is 4.39 Å². The minimum atomic E-state index is -0.215. The Balaban J connectivity index is 2.11. The molecule has 0 bridgehead atoms. The zero-order valence-corrected chi connectivity index (χ0v) is 11.9. The second-order valence-corrected chi connectivity index (χ2v) is 5.31. The minimum absolute atomic E-state index is 0.0805. The number of benzene rings is 1. The molecule has 0 amide bonds. The van der Waals surface area contributed by atoms with Crippen molar-refractivity contribution in [1.82, 2.24) is 10.2 Å². The molecule has 1 atom stereocenters. The van der Waals surface area contributed by atoms with Crippen molar-refractivity contribution in [3.05, 3.63) is 29.6 Å². The Morgan fingerprint density at radius 1 is 1.37 bits per heavy atom. The number of hydrogen-bond donors (Lipinski definition) is 1. The molecule has 0 spiro atoms. The molecule has 1 unspecified atom stereocenters. The number of hydrogen-bond acceptors (Lipinski definition) is 3. The molecule has 1 aliphatic rings. The standard InChI is InChI=1S/C15H23FN2O/c1-11(17-2)14-10-12(16)4-5-15(14)19-13-6-8-18(3)9-7-13/h4-5,10-11,13,17H,6-9H2,1-3H3. The Hall–Kier alpha value is -1.13. The number of nitrogens with one attached hydrogen (secondary N) is 1. The lowest BCUT2D eigenvalue weighted by molar-refractivity contribution is 0.113. The lowest BCUT2D eigenvalue weighted by Gasteiger charge is -2.30. The van der Waals surface area contributed by atoms with E-state index in [-0.39, 0.29) is 18.0 Å². The summed E-state index contributed by atoms with van der Waals surface area (Å²) in [4.78, 5) is 2.31. The van der Waals surface area contributed by atoms with Crippen LogP contribution in [0.3, 0.4) is 0 Å². The summed E-state index contributed by atoms with van der Waals surface area (Å²) in [7, 11) is 4.00. The van der Waals surface area contributed by atoms with Gasteiger partial charge in [-0.15, -0.1) is 0 Å². The van der Waals surface area contributed by atoms with E-state index >= 15 is 0 Å². The predicted octanol–water partition coefficient (Wildman–Crippen LogP) is 2.58. The third-order valence-corrected chi connectivity index (χ3v) is 3.83. The molecule has 4 heteroatoms. The van der Waals surface area contributed by atoms with Crippen LogP contribution in [-0.2, 0) is 0 Å². The lowest BCUT2D eigenvalue weighted by atomic mass is 10.1. The molecule has 1 fully saturated rings.